The Bertz CT molecular complexity index is 422. The number of nitrogens with one attached hydrogen (secondary N) is 2. The van der Waals surface area contributed by atoms with E-state index in [0.717, 1.165) is 30.2 Å². The minimum atomic E-state index is 0.00336. The predicted octanol–water partition coefficient (Wildman–Crippen LogP) is 1.71. The number of methoxy groups -OCH3 is 1. The molecule has 20 heavy (non-hydrogen) atoms. The van der Waals surface area contributed by atoms with Gasteiger partial charge in [0.25, 0.3) is 0 Å². The van der Waals surface area contributed by atoms with Gasteiger partial charge in [0.2, 0.25) is 5.91 Å². The Balaban J connectivity index is 2.62. The van der Waals surface area contributed by atoms with Crippen molar-refractivity contribution in [3.05, 3.63) is 23.8 Å². The highest BCUT2D eigenvalue weighted by molar-refractivity contribution is 5.75. The summed E-state index contributed by atoms with van der Waals surface area (Å²) < 4.78 is 10.9. The van der Waals surface area contributed by atoms with Crippen LogP contribution < -0.4 is 20.1 Å². The minimum absolute atomic E-state index is 0.00336. The summed E-state index contributed by atoms with van der Waals surface area (Å²) in [6, 6.07) is 5.73. The predicted molar refractivity (Wildman–Crippen MR) is 79.2 cm³/mol. The molecule has 5 nitrogen and oxygen atoms in total. The van der Waals surface area contributed by atoms with E-state index >= 15 is 0 Å². The summed E-state index contributed by atoms with van der Waals surface area (Å²) in [6.07, 6.45) is 0.353. The summed E-state index contributed by atoms with van der Waals surface area (Å²) in [4.78, 5) is 11.4. The summed E-state index contributed by atoms with van der Waals surface area (Å²) in [6.45, 7) is 6.58. The average Bonchev–Trinajstić information content (AvgIpc) is 2.46. The first-order valence-corrected chi connectivity index (χ1v) is 6.98. The smallest absolute Gasteiger partial charge is 0.223 e. The molecular weight excluding hydrogens is 256 g/mol. The molecule has 0 heterocycles. The largest absolute Gasteiger partial charge is 0.497 e. The summed E-state index contributed by atoms with van der Waals surface area (Å²) in [5.74, 6) is 1.51. The zero-order valence-corrected chi connectivity index (χ0v) is 12.5. The van der Waals surface area contributed by atoms with Gasteiger partial charge in [-0.15, -0.1) is 0 Å². The number of carbonyl (C=O) groups excluding carboxylic acids is 1. The Morgan fingerprint density at radius 2 is 2.05 bits per heavy atom. The first-order chi connectivity index (χ1) is 9.71. The molecule has 0 spiro atoms. The average molecular weight is 280 g/mol. The van der Waals surface area contributed by atoms with Crippen LogP contribution in [0.4, 0.5) is 0 Å². The first-order valence-electron chi connectivity index (χ1n) is 6.98. The van der Waals surface area contributed by atoms with Crippen LogP contribution in [-0.2, 0) is 11.3 Å². The molecule has 0 unspecified atom stereocenters. The van der Waals surface area contributed by atoms with E-state index in [1.807, 2.05) is 25.1 Å². The second kappa shape index (κ2) is 9.20. The van der Waals surface area contributed by atoms with Crippen molar-refractivity contribution >= 4 is 5.91 Å². The van der Waals surface area contributed by atoms with Gasteiger partial charge in [0.05, 0.1) is 20.1 Å². The number of hydrogen-bond acceptors (Lipinski definition) is 4. The molecule has 1 aromatic carbocycles. The molecule has 0 saturated carbocycles. The lowest BCUT2D eigenvalue weighted by Gasteiger charge is -2.13. The number of carbonyl (C=O) groups is 1. The molecule has 112 valence electrons. The number of hydrogen-bond donors (Lipinski definition) is 2. The van der Waals surface area contributed by atoms with Crippen LogP contribution in [0.1, 0.15) is 25.8 Å². The topological polar surface area (TPSA) is 59.6 Å². The monoisotopic (exact) mass is 280 g/mol. The number of rotatable bonds is 9. The van der Waals surface area contributed by atoms with Gasteiger partial charge in [0, 0.05) is 24.7 Å². The maximum Gasteiger partial charge on any atom is 0.223 e. The fourth-order valence-electron chi connectivity index (χ4n) is 1.74. The molecule has 0 bridgehead atoms. The van der Waals surface area contributed by atoms with E-state index in [-0.39, 0.29) is 5.91 Å². The maximum atomic E-state index is 11.4. The van der Waals surface area contributed by atoms with Gasteiger partial charge in [-0.3, -0.25) is 4.79 Å². The Labute approximate surface area is 120 Å². The van der Waals surface area contributed by atoms with Crippen molar-refractivity contribution in [2.45, 2.75) is 26.8 Å². The van der Waals surface area contributed by atoms with Gasteiger partial charge in [0.15, 0.2) is 0 Å². The fraction of sp³-hybridized carbons (Fsp3) is 0.533. The normalized spacial score (nSPS) is 10.2. The third-order valence-corrected chi connectivity index (χ3v) is 2.80. The van der Waals surface area contributed by atoms with Gasteiger partial charge in [-0.2, -0.15) is 0 Å². The fourth-order valence-corrected chi connectivity index (χ4v) is 1.74. The minimum Gasteiger partial charge on any atom is -0.497 e. The maximum absolute atomic E-state index is 11.4. The van der Waals surface area contributed by atoms with Crippen LogP contribution >= 0.6 is 0 Å². The van der Waals surface area contributed by atoms with E-state index in [1.54, 1.807) is 7.11 Å². The Morgan fingerprint density at radius 1 is 1.25 bits per heavy atom. The van der Waals surface area contributed by atoms with E-state index in [0.29, 0.717) is 19.6 Å². The SMILES string of the molecule is CCNCc1ccc(OC)cc1OCCC(=O)NCC. The van der Waals surface area contributed by atoms with Crippen LogP contribution in [0.25, 0.3) is 0 Å². The molecule has 1 rings (SSSR count). The molecule has 1 amide bonds. The highest BCUT2D eigenvalue weighted by Gasteiger charge is 2.07. The molecule has 0 aromatic heterocycles. The van der Waals surface area contributed by atoms with Crippen LogP contribution in [0.5, 0.6) is 11.5 Å². The Morgan fingerprint density at radius 3 is 2.70 bits per heavy atom. The molecule has 0 aliphatic heterocycles. The third kappa shape index (κ3) is 5.48. The molecule has 0 aliphatic rings. The molecule has 0 aliphatic carbocycles. The van der Waals surface area contributed by atoms with E-state index in [2.05, 4.69) is 17.6 Å². The van der Waals surface area contributed by atoms with Gasteiger partial charge in [-0.25, -0.2) is 0 Å². The van der Waals surface area contributed by atoms with Gasteiger partial charge in [-0.1, -0.05) is 13.0 Å². The van der Waals surface area contributed by atoms with Gasteiger partial charge < -0.3 is 20.1 Å². The van der Waals surface area contributed by atoms with Gasteiger partial charge in [-0.05, 0) is 19.5 Å². The molecule has 0 radical (unpaired) electrons. The van der Waals surface area contributed by atoms with Crippen LogP contribution in [0, 0.1) is 0 Å². The number of benzene rings is 1. The highest BCUT2D eigenvalue weighted by Crippen LogP contribution is 2.25. The van der Waals surface area contributed by atoms with Crippen molar-refractivity contribution in [1.82, 2.24) is 10.6 Å². The summed E-state index contributed by atoms with van der Waals surface area (Å²) in [5, 5.41) is 6.01. The molecule has 0 saturated heterocycles. The second-order valence-corrected chi connectivity index (χ2v) is 4.31. The zero-order chi connectivity index (χ0) is 14.8. The number of amides is 1. The van der Waals surface area contributed by atoms with E-state index in [9.17, 15) is 4.79 Å². The lowest BCUT2D eigenvalue weighted by molar-refractivity contribution is -0.121. The summed E-state index contributed by atoms with van der Waals surface area (Å²) in [5.41, 5.74) is 1.06. The van der Waals surface area contributed by atoms with Crippen LogP contribution in [0.2, 0.25) is 0 Å². The van der Waals surface area contributed by atoms with E-state index in [4.69, 9.17) is 9.47 Å². The lowest BCUT2D eigenvalue weighted by Crippen LogP contribution is -2.24. The van der Waals surface area contributed by atoms with Crippen LogP contribution in [-0.4, -0.2) is 32.7 Å². The van der Waals surface area contributed by atoms with Gasteiger partial charge >= 0.3 is 0 Å². The number of ether oxygens (including phenoxy) is 2. The molecular formula is C15H24N2O3. The molecule has 5 heteroatoms. The first kappa shape index (κ1) is 16.3. The van der Waals surface area contributed by atoms with Crippen molar-refractivity contribution in [2.75, 3.05) is 26.8 Å². The van der Waals surface area contributed by atoms with Crippen molar-refractivity contribution in [2.24, 2.45) is 0 Å². The molecule has 1 aromatic rings. The lowest BCUT2D eigenvalue weighted by atomic mass is 10.2. The molecule has 0 fully saturated rings. The van der Waals surface area contributed by atoms with Gasteiger partial charge in [0.1, 0.15) is 11.5 Å². The molecule has 2 N–H and O–H groups in total. The van der Waals surface area contributed by atoms with Crippen molar-refractivity contribution < 1.29 is 14.3 Å². The highest BCUT2D eigenvalue weighted by atomic mass is 16.5. The van der Waals surface area contributed by atoms with Crippen LogP contribution in [0.3, 0.4) is 0 Å². The third-order valence-electron chi connectivity index (χ3n) is 2.80. The summed E-state index contributed by atoms with van der Waals surface area (Å²) in [7, 11) is 1.62. The van der Waals surface area contributed by atoms with Crippen molar-refractivity contribution in [1.29, 1.82) is 0 Å². The van der Waals surface area contributed by atoms with E-state index < -0.39 is 0 Å². The van der Waals surface area contributed by atoms with Crippen molar-refractivity contribution in [3.63, 3.8) is 0 Å². The zero-order valence-electron chi connectivity index (χ0n) is 12.5. The van der Waals surface area contributed by atoms with Crippen LogP contribution in [0.15, 0.2) is 18.2 Å². The Hall–Kier alpha value is -1.75. The second-order valence-electron chi connectivity index (χ2n) is 4.31. The summed E-state index contributed by atoms with van der Waals surface area (Å²) >= 11 is 0. The Kier molecular flexibility index (Phi) is 7.50. The quantitative estimate of drug-likeness (QED) is 0.723. The van der Waals surface area contributed by atoms with E-state index in [1.165, 1.54) is 0 Å². The van der Waals surface area contributed by atoms with Crippen molar-refractivity contribution in [3.8, 4) is 11.5 Å². The standard InChI is InChI=1S/C15H24N2O3/c1-4-16-11-12-6-7-13(19-3)10-14(12)20-9-8-15(18)17-5-2/h6-7,10,16H,4-5,8-9,11H2,1-3H3,(H,17,18). The molecule has 0 atom stereocenters.